The van der Waals surface area contributed by atoms with E-state index in [1.165, 1.54) is 0 Å². The van der Waals surface area contributed by atoms with E-state index in [1.54, 1.807) is 17.5 Å². The van der Waals surface area contributed by atoms with Crippen LogP contribution in [0.3, 0.4) is 0 Å². The van der Waals surface area contributed by atoms with Crippen LogP contribution in [-0.4, -0.2) is 9.97 Å². The molecule has 0 saturated heterocycles. The van der Waals surface area contributed by atoms with Crippen molar-refractivity contribution < 1.29 is 4.74 Å². The highest BCUT2D eigenvalue weighted by Crippen LogP contribution is 2.23. The molecule has 4 nitrogen and oxygen atoms in total. The molecular formula is C15H13N3OS. The van der Waals surface area contributed by atoms with Crippen molar-refractivity contribution in [1.82, 2.24) is 9.97 Å². The number of nitrogens with zero attached hydrogens (tertiary/aromatic N) is 2. The normalized spacial score (nSPS) is 10.2. The first-order chi connectivity index (χ1) is 9.79. The molecule has 2 heterocycles. The van der Waals surface area contributed by atoms with Crippen LogP contribution in [0.1, 0.15) is 5.69 Å². The van der Waals surface area contributed by atoms with Crippen LogP contribution in [0.4, 0.5) is 10.9 Å². The van der Waals surface area contributed by atoms with Crippen molar-refractivity contribution in [3.8, 4) is 11.5 Å². The molecule has 0 bridgehead atoms. The highest BCUT2D eigenvalue weighted by molar-refractivity contribution is 7.13. The molecular weight excluding hydrogens is 270 g/mol. The summed E-state index contributed by atoms with van der Waals surface area (Å²) in [4.78, 5) is 8.64. The van der Waals surface area contributed by atoms with Gasteiger partial charge in [0.15, 0.2) is 5.13 Å². The van der Waals surface area contributed by atoms with E-state index in [0.29, 0.717) is 5.75 Å². The molecule has 3 rings (SSSR count). The van der Waals surface area contributed by atoms with Gasteiger partial charge in [-0.3, -0.25) is 0 Å². The number of benzene rings is 1. The van der Waals surface area contributed by atoms with E-state index in [4.69, 9.17) is 4.74 Å². The topological polar surface area (TPSA) is 47.0 Å². The van der Waals surface area contributed by atoms with Crippen LogP contribution in [0, 0.1) is 6.92 Å². The molecule has 20 heavy (non-hydrogen) atoms. The Bertz CT molecular complexity index is 680. The summed E-state index contributed by atoms with van der Waals surface area (Å²) in [5, 5.41) is 5.99. The minimum Gasteiger partial charge on any atom is -0.456 e. The Morgan fingerprint density at radius 2 is 1.90 bits per heavy atom. The van der Waals surface area contributed by atoms with Crippen LogP contribution < -0.4 is 10.1 Å². The van der Waals surface area contributed by atoms with Gasteiger partial charge in [-0.2, -0.15) is 0 Å². The van der Waals surface area contributed by atoms with Gasteiger partial charge in [-0.25, -0.2) is 9.97 Å². The van der Waals surface area contributed by atoms with E-state index >= 15 is 0 Å². The molecule has 5 heteroatoms. The fourth-order valence-corrected chi connectivity index (χ4v) is 2.36. The zero-order valence-corrected chi connectivity index (χ0v) is 11.7. The van der Waals surface area contributed by atoms with Crippen molar-refractivity contribution in [3.05, 3.63) is 59.7 Å². The Labute approximate surface area is 121 Å². The lowest BCUT2D eigenvalue weighted by Gasteiger charge is -2.06. The molecule has 1 aromatic carbocycles. The van der Waals surface area contributed by atoms with Crippen LogP contribution in [0.5, 0.6) is 11.5 Å². The summed E-state index contributed by atoms with van der Waals surface area (Å²) in [5.74, 6) is 2.25. The highest BCUT2D eigenvalue weighted by Gasteiger charge is 2.01. The van der Waals surface area contributed by atoms with Gasteiger partial charge in [-0.05, 0) is 31.2 Å². The third kappa shape index (κ3) is 3.13. The van der Waals surface area contributed by atoms with Crippen molar-refractivity contribution in [2.75, 3.05) is 5.32 Å². The smallest absolute Gasteiger partial charge is 0.188 e. The van der Waals surface area contributed by atoms with Crippen molar-refractivity contribution in [2.45, 2.75) is 6.92 Å². The summed E-state index contributed by atoms with van der Waals surface area (Å²) >= 11 is 1.56. The lowest BCUT2D eigenvalue weighted by molar-refractivity contribution is 0.480. The molecule has 0 fully saturated rings. The molecule has 0 amide bonds. The first-order valence-electron chi connectivity index (χ1n) is 6.18. The predicted molar refractivity (Wildman–Crippen MR) is 80.9 cm³/mol. The van der Waals surface area contributed by atoms with E-state index in [1.807, 2.05) is 54.8 Å². The number of hydrogen-bond acceptors (Lipinski definition) is 5. The monoisotopic (exact) mass is 283 g/mol. The average Bonchev–Trinajstić information content (AvgIpc) is 2.88. The minimum atomic E-state index is 0.706. The van der Waals surface area contributed by atoms with Gasteiger partial charge in [0.1, 0.15) is 17.3 Å². The number of anilines is 2. The molecule has 100 valence electrons. The molecule has 0 unspecified atom stereocenters. The molecule has 0 aliphatic carbocycles. The summed E-state index contributed by atoms with van der Waals surface area (Å²) in [6.07, 6.45) is 1.69. The van der Waals surface area contributed by atoms with E-state index in [-0.39, 0.29) is 0 Å². The van der Waals surface area contributed by atoms with E-state index in [2.05, 4.69) is 15.3 Å². The third-order valence-corrected chi connectivity index (χ3v) is 3.44. The second-order valence-corrected chi connectivity index (χ2v) is 5.07. The van der Waals surface area contributed by atoms with Gasteiger partial charge in [-0.1, -0.05) is 18.2 Å². The predicted octanol–water partition coefficient (Wildman–Crippen LogP) is 4.38. The summed E-state index contributed by atoms with van der Waals surface area (Å²) in [5.41, 5.74) is 1.00. The Morgan fingerprint density at radius 1 is 1.05 bits per heavy atom. The number of aromatic nitrogens is 2. The zero-order chi connectivity index (χ0) is 13.8. The number of aryl methyl sites for hydroxylation is 1. The van der Waals surface area contributed by atoms with Gasteiger partial charge in [0.2, 0.25) is 0 Å². The van der Waals surface area contributed by atoms with E-state index < -0.39 is 0 Å². The lowest BCUT2D eigenvalue weighted by Crippen LogP contribution is -1.93. The fourth-order valence-electron chi connectivity index (χ4n) is 1.66. The molecule has 3 aromatic rings. The first kappa shape index (κ1) is 12.6. The van der Waals surface area contributed by atoms with Crippen LogP contribution in [0.25, 0.3) is 0 Å². The van der Waals surface area contributed by atoms with E-state index in [0.717, 1.165) is 22.4 Å². The van der Waals surface area contributed by atoms with Gasteiger partial charge in [0.25, 0.3) is 0 Å². The highest BCUT2D eigenvalue weighted by atomic mass is 32.1. The second kappa shape index (κ2) is 5.71. The van der Waals surface area contributed by atoms with Gasteiger partial charge >= 0.3 is 0 Å². The standard InChI is InChI=1S/C15H13N3OS/c1-11-10-20-15(17-11)18-14-8-7-13(9-16-14)19-12-5-3-2-4-6-12/h2-10H,1H3,(H,16,17,18). The van der Waals surface area contributed by atoms with Crippen molar-refractivity contribution in [1.29, 1.82) is 0 Å². The number of thiazole rings is 1. The first-order valence-corrected chi connectivity index (χ1v) is 7.06. The fraction of sp³-hybridized carbons (Fsp3) is 0.0667. The van der Waals surface area contributed by atoms with Gasteiger partial charge in [-0.15, -0.1) is 11.3 Å². The zero-order valence-electron chi connectivity index (χ0n) is 10.9. The molecule has 1 N–H and O–H groups in total. The maximum atomic E-state index is 5.68. The van der Waals surface area contributed by atoms with Gasteiger partial charge in [0, 0.05) is 5.38 Å². The second-order valence-electron chi connectivity index (χ2n) is 4.21. The molecule has 0 radical (unpaired) electrons. The van der Waals surface area contributed by atoms with Crippen LogP contribution in [0.2, 0.25) is 0 Å². The molecule has 0 aliphatic heterocycles. The number of pyridine rings is 1. The summed E-state index contributed by atoms with van der Waals surface area (Å²) in [7, 11) is 0. The van der Waals surface area contributed by atoms with Crippen molar-refractivity contribution in [3.63, 3.8) is 0 Å². The van der Waals surface area contributed by atoms with Crippen LogP contribution in [0.15, 0.2) is 54.0 Å². The minimum absolute atomic E-state index is 0.706. The van der Waals surface area contributed by atoms with E-state index in [9.17, 15) is 0 Å². The van der Waals surface area contributed by atoms with Crippen LogP contribution in [-0.2, 0) is 0 Å². The van der Waals surface area contributed by atoms with Crippen molar-refractivity contribution in [2.24, 2.45) is 0 Å². The van der Waals surface area contributed by atoms with Gasteiger partial charge in [0.05, 0.1) is 11.9 Å². The van der Waals surface area contributed by atoms with Gasteiger partial charge < -0.3 is 10.1 Å². The number of para-hydroxylation sites is 1. The van der Waals surface area contributed by atoms with Crippen LogP contribution >= 0.6 is 11.3 Å². The largest absolute Gasteiger partial charge is 0.456 e. The molecule has 0 atom stereocenters. The Morgan fingerprint density at radius 3 is 2.55 bits per heavy atom. The Kier molecular flexibility index (Phi) is 3.60. The molecule has 0 spiro atoms. The quantitative estimate of drug-likeness (QED) is 0.771. The Balaban J connectivity index is 1.68. The number of rotatable bonds is 4. The number of nitrogens with one attached hydrogen (secondary N) is 1. The Hall–Kier alpha value is -2.40. The maximum Gasteiger partial charge on any atom is 0.188 e. The molecule has 0 saturated carbocycles. The lowest BCUT2D eigenvalue weighted by atomic mass is 10.3. The maximum absolute atomic E-state index is 5.68. The average molecular weight is 283 g/mol. The molecule has 0 aliphatic rings. The summed E-state index contributed by atoms with van der Waals surface area (Å²) in [6.45, 7) is 1.96. The summed E-state index contributed by atoms with van der Waals surface area (Å²) in [6, 6.07) is 13.4. The number of hydrogen-bond donors (Lipinski definition) is 1. The summed E-state index contributed by atoms with van der Waals surface area (Å²) < 4.78 is 5.68. The van der Waals surface area contributed by atoms with Crippen molar-refractivity contribution >= 4 is 22.3 Å². The SMILES string of the molecule is Cc1csc(Nc2ccc(Oc3ccccc3)cn2)n1. The molecule has 2 aromatic heterocycles. The number of ether oxygens (including phenoxy) is 1. The third-order valence-electron chi connectivity index (χ3n) is 2.57.